The molecule has 18 heavy (non-hydrogen) atoms. The number of aromatic nitrogens is 1. The molecule has 0 aliphatic rings. The molecule has 0 radical (unpaired) electrons. The van der Waals surface area contributed by atoms with E-state index in [9.17, 15) is 0 Å². The summed E-state index contributed by atoms with van der Waals surface area (Å²) >= 11 is 0. The fourth-order valence-electron chi connectivity index (χ4n) is 1.46. The lowest BCUT2D eigenvalue weighted by molar-refractivity contribution is 0.132. The molecule has 0 unspecified atom stereocenters. The lowest BCUT2D eigenvalue weighted by Gasteiger charge is -2.11. The third-order valence-electron chi connectivity index (χ3n) is 2.45. The number of hydrogen-bond donors (Lipinski definition) is 1. The molecular weight excluding hydrogens is 228 g/mol. The van der Waals surface area contributed by atoms with Gasteiger partial charge < -0.3 is 14.8 Å². The average molecular weight is 252 g/mol. The summed E-state index contributed by atoms with van der Waals surface area (Å²) in [7, 11) is 0. The summed E-state index contributed by atoms with van der Waals surface area (Å²) < 4.78 is 11.0. The molecule has 1 aromatic heterocycles. The third kappa shape index (κ3) is 5.87. The summed E-state index contributed by atoms with van der Waals surface area (Å²) in [6.45, 7) is 9.26. The van der Waals surface area contributed by atoms with Crippen molar-refractivity contribution < 1.29 is 9.47 Å². The van der Waals surface area contributed by atoms with E-state index in [-0.39, 0.29) is 0 Å². The zero-order chi connectivity index (χ0) is 13.2. The average Bonchev–Trinajstić information content (AvgIpc) is 2.35. The second-order valence-corrected chi connectivity index (χ2v) is 4.50. The van der Waals surface area contributed by atoms with Gasteiger partial charge in [0, 0.05) is 19.3 Å². The van der Waals surface area contributed by atoms with Crippen LogP contribution in [0, 0.1) is 5.92 Å². The van der Waals surface area contributed by atoms with E-state index in [1.807, 2.05) is 19.1 Å². The fourth-order valence-corrected chi connectivity index (χ4v) is 1.46. The minimum atomic E-state index is 0.644. The predicted molar refractivity (Wildman–Crippen MR) is 74.2 cm³/mol. The highest BCUT2D eigenvalue weighted by atomic mass is 16.5. The van der Waals surface area contributed by atoms with Crippen molar-refractivity contribution >= 4 is 5.82 Å². The van der Waals surface area contributed by atoms with Gasteiger partial charge in [-0.05, 0) is 31.4 Å². The van der Waals surface area contributed by atoms with Crippen molar-refractivity contribution in [1.82, 2.24) is 4.98 Å². The molecule has 0 fully saturated rings. The summed E-state index contributed by atoms with van der Waals surface area (Å²) in [5.74, 6) is 2.27. The number of rotatable bonds is 9. The van der Waals surface area contributed by atoms with Gasteiger partial charge in [0.05, 0.1) is 13.2 Å². The van der Waals surface area contributed by atoms with Crippen molar-refractivity contribution in [3.8, 4) is 5.75 Å². The Kier molecular flexibility index (Phi) is 7.18. The minimum Gasteiger partial charge on any atom is -0.490 e. The zero-order valence-electron chi connectivity index (χ0n) is 11.6. The maximum absolute atomic E-state index is 5.53. The Hall–Kier alpha value is -1.29. The Morgan fingerprint density at radius 3 is 2.89 bits per heavy atom. The Morgan fingerprint density at radius 1 is 1.33 bits per heavy atom. The van der Waals surface area contributed by atoms with Crippen LogP contribution in [0.2, 0.25) is 0 Å². The quantitative estimate of drug-likeness (QED) is 0.686. The van der Waals surface area contributed by atoms with Crippen molar-refractivity contribution in [2.24, 2.45) is 5.92 Å². The van der Waals surface area contributed by atoms with Crippen LogP contribution in [0.4, 0.5) is 5.82 Å². The minimum absolute atomic E-state index is 0.644. The van der Waals surface area contributed by atoms with Gasteiger partial charge in [-0.3, -0.25) is 0 Å². The van der Waals surface area contributed by atoms with Gasteiger partial charge in [0.25, 0.3) is 0 Å². The van der Waals surface area contributed by atoms with E-state index in [1.165, 1.54) is 0 Å². The summed E-state index contributed by atoms with van der Waals surface area (Å²) in [4.78, 5) is 4.25. The van der Waals surface area contributed by atoms with E-state index in [0.717, 1.165) is 31.1 Å². The van der Waals surface area contributed by atoms with Crippen molar-refractivity contribution in [3.05, 3.63) is 18.3 Å². The number of anilines is 1. The van der Waals surface area contributed by atoms with E-state index in [0.29, 0.717) is 19.1 Å². The smallest absolute Gasteiger partial charge is 0.168 e. The van der Waals surface area contributed by atoms with Gasteiger partial charge in [0.15, 0.2) is 11.6 Å². The first kappa shape index (κ1) is 14.8. The molecule has 0 aliphatic heterocycles. The topological polar surface area (TPSA) is 43.4 Å². The van der Waals surface area contributed by atoms with Crippen molar-refractivity contribution in [1.29, 1.82) is 0 Å². The number of ether oxygens (including phenoxy) is 2. The molecule has 4 nitrogen and oxygen atoms in total. The molecule has 0 saturated heterocycles. The molecule has 0 atom stereocenters. The zero-order valence-corrected chi connectivity index (χ0v) is 11.6. The van der Waals surface area contributed by atoms with Crippen LogP contribution in [-0.2, 0) is 4.74 Å². The summed E-state index contributed by atoms with van der Waals surface area (Å²) in [5.41, 5.74) is 0. The molecule has 1 rings (SSSR count). The van der Waals surface area contributed by atoms with Gasteiger partial charge >= 0.3 is 0 Å². The first-order valence-electron chi connectivity index (χ1n) is 6.63. The molecule has 1 heterocycles. The van der Waals surface area contributed by atoms with E-state index >= 15 is 0 Å². The van der Waals surface area contributed by atoms with Crippen LogP contribution >= 0.6 is 0 Å². The summed E-state index contributed by atoms with van der Waals surface area (Å²) in [6, 6.07) is 3.79. The van der Waals surface area contributed by atoms with Crippen LogP contribution in [0.5, 0.6) is 5.75 Å². The maximum Gasteiger partial charge on any atom is 0.168 e. The Labute approximate surface area is 110 Å². The van der Waals surface area contributed by atoms with Crippen LogP contribution in [0.3, 0.4) is 0 Å². The van der Waals surface area contributed by atoms with E-state index in [1.54, 1.807) is 6.20 Å². The lowest BCUT2D eigenvalue weighted by atomic mass is 10.1. The Bertz CT molecular complexity index is 329. The van der Waals surface area contributed by atoms with Gasteiger partial charge in [-0.2, -0.15) is 0 Å². The normalized spacial score (nSPS) is 10.7. The second kappa shape index (κ2) is 8.75. The van der Waals surface area contributed by atoms with Gasteiger partial charge in [0.1, 0.15) is 0 Å². The summed E-state index contributed by atoms with van der Waals surface area (Å²) in [6.07, 6.45) is 2.86. The van der Waals surface area contributed by atoms with E-state index in [4.69, 9.17) is 9.47 Å². The molecule has 1 N–H and O–H groups in total. The van der Waals surface area contributed by atoms with E-state index < -0.39 is 0 Å². The number of nitrogens with one attached hydrogen (secondary N) is 1. The first-order chi connectivity index (χ1) is 8.74. The van der Waals surface area contributed by atoms with Crippen LogP contribution < -0.4 is 10.1 Å². The van der Waals surface area contributed by atoms with E-state index in [2.05, 4.69) is 24.1 Å². The molecule has 0 aliphatic carbocycles. The largest absolute Gasteiger partial charge is 0.490 e. The predicted octanol–water partition coefficient (Wildman–Crippen LogP) is 2.95. The molecule has 0 spiro atoms. The fraction of sp³-hybridized carbons (Fsp3) is 0.643. The highest BCUT2D eigenvalue weighted by molar-refractivity contribution is 5.49. The van der Waals surface area contributed by atoms with Crippen molar-refractivity contribution in [3.63, 3.8) is 0 Å². The van der Waals surface area contributed by atoms with Crippen molar-refractivity contribution in [2.45, 2.75) is 27.2 Å². The second-order valence-electron chi connectivity index (χ2n) is 4.50. The molecular formula is C14H24N2O2. The first-order valence-corrected chi connectivity index (χ1v) is 6.63. The van der Waals surface area contributed by atoms with Crippen LogP contribution in [-0.4, -0.2) is 31.3 Å². The highest BCUT2D eigenvalue weighted by Gasteiger charge is 2.02. The molecule has 4 heteroatoms. The molecule has 0 saturated carbocycles. The number of pyridine rings is 1. The SMILES string of the molecule is CCOc1cccnc1NCCOCCC(C)C. The van der Waals surface area contributed by atoms with Gasteiger partial charge in [-0.15, -0.1) is 0 Å². The van der Waals surface area contributed by atoms with Gasteiger partial charge in [-0.1, -0.05) is 13.8 Å². The van der Waals surface area contributed by atoms with Gasteiger partial charge in [-0.25, -0.2) is 4.98 Å². The molecule has 0 amide bonds. The molecule has 1 aromatic rings. The Balaban J connectivity index is 2.22. The Morgan fingerprint density at radius 2 is 2.17 bits per heavy atom. The number of nitrogens with zero attached hydrogens (tertiary/aromatic N) is 1. The number of hydrogen-bond acceptors (Lipinski definition) is 4. The third-order valence-corrected chi connectivity index (χ3v) is 2.45. The highest BCUT2D eigenvalue weighted by Crippen LogP contribution is 2.20. The standard InChI is InChI=1S/C14H24N2O2/c1-4-18-13-6-5-8-15-14(13)16-9-11-17-10-7-12(2)3/h5-6,8,12H,4,7,9-11H2,1-3H3,(H,15,16). The summed E-state index contributed by atoms with van der Waals surface area (Å²) in [5, 5.41) is 3.23. The molecule has 102 valence electrons. The van der Waals surface area contributed by atoms with Crippen LogP contribution in [0.15, 0.2) is 18.3 Å². The maximum atomic E-state index is 5.53. The van der Waals surface area contributed by atoms with Crippen molar-refractivity contribution in [2.75, 3.05) is 31.7 Å². The monoisotopic (exact) mass is 252 g/mol. The van der Waals surface area contributed by atoms with Crippen LogP contribution in [0.1, 0.15) is 27.2 Å². The molecule has 0 aromatic carbocycles. The lowest BCUT2D eigenvalue weighted by Crippen LogP contribution is -2.12. The molecule has 0 bridgehead atoms. The van der Waals surface area contributed by atoms with Crippen LogP contribution in [0.25, 0.3) is 0 Å². The van der Waals surface area contributed by atoms with Gasteiger partial charge in [0.2, 0.25) is 0 Å².